The zero-order valence-corrected chi connectivity index (χ0v) is 11.9. The molecule has 2 aromatic carbocycles. The van der Waals surface area contributed by atoms with E-state index in [0.717, 1.165) is 28.4 Å². The van der Waals surface area contributed by atoms with E-state index in [1.54, 1.807) is 0 Å². The minimum absolute atomic E-state index is 0.516. The summed E-state index contributed by atoms with van der Waals surface area (Å²) in [5, 5.41) is 0. The monoisotopic (exact) mass is 276 g/mol. The zero-order valence-electron chi connectivity index (χ0n) is 11.2. The molecule has 2 nitrogen and oxygen atoms in total. The molecule has 0 heterocycles. The molecule has 0 saturated heterocycles. The quantitative estimate of drug-likeness (QED) is 0.721. The molecule has 0 aliphatic heterocycles. The highest BCUT2D eigenvalue weighted by Crippen LogP contribution is 2.32. The molecule has 0 unspecified atom stereocenters. The van der Waals surface area contributed by atoms with Crippen LogP contribution in [0.2, 0.25) is 0 Å². The van der Waals surface area contributed by atoms with Crippen molar-refractivity contribution in [3.63, 3.8) is 0 Å². The van der Waals surface area contributed by atoms with Gasteiger partial charge in [0, 0.05) is 5.88 Å². The maximum Gasteiger partial charge on any atom is 0.169 e. The van der Waals surface area contributed by atoms with Crippen LogP contribution in [0.5, 0.6) is 17.2 Å². The molecule has 0 radical (unpaired) electrons. The molecule has 0 aliphatic rings. The number of aryl methyl sites for hydroxylation is 1. The Kier molecular flexibility index (Phi) is 4.69. The van der Waals surface area contributed by atoms with Crippen LogP contribution in [0.3, 0.4) is 0 Å². The number of para-hydroxylation sites is 2. The minimum atomic E-state index is 0.516. The first kappa shape index (κ1) is 13.8. The number of hydrogen-bond donors (Lipinski definition) is 0. The zero-order chi connectivity index (χ0) is 13.7. The molecule has 2 rings (SSSR count). The highest BCUT2D eigenvalue weighted by atomic mass is 35.5. The highest BCUT2D eigenvalue weighted by Gasteiger charge is 2.06. The van der Waals surface area contributed by atoms with E-state index in [9.17, 15) is 0 Å². The fourth-order valence-electron chi connectivity index (χ4n) is 1.82. The van der Waals surface area contributed by atoms with Crippen LogP contribution < -0.4 is 9.47 Å². The van der Waals surface area contributed by atoms with Gasteiger partial charge < -0.3 is 9.47 Å². The average Bonchev–Trinajstić information content (AvgIpc) is 2.41. The lowest BCUT2D eigenvalue weighted by Crippen LogP contribution is -1.95. The average molecular weight is 277 g/mol. The van der Waals surface area contributed by atoms with E-state index in [0.29, 0.717) is 12.5 Å². The van der Waals surface area contributed by atoms with Crippen LogP contribution in [0.1, 0.15) is 18.1 Å². The van der Waals surface area contributed by atoms with Crippen LogP contribution in [-0.4, -0.2) is 6.61 Å². The molecule has 0 bridgehead atoms. The van der Waals surface area contributed by atoms with Crippen molar-refractivity contribution in [1.29, 1.82) is 0 Å². The van der Waals surface area contributed by atoms with Crippen molar-refractivity contribution in [2.45, 2.75) is 19.7 Å². The van der Waals surface area contributed by atoms with E-state index < -0.39 is 0 Å². The maximum atomic E-state index is 5.87. The van der Waals surface area contributed by atoms with Gasteiger partial charge in [-0.15, -0.1) is 11.6 Å². The smallest absolute Gasteiger partial charge is 0.169 e. The third kappa shape index (κ3) is 3.42. The summed E-state index contributed by atoms with van der Waals surface area (Å²) < 4.78 is 11.4. The van der Waals surface area contributed by atoms with Crippen molar-refractivity contribution in [3.8, 4) is 17.2 Å². The van der Waals surface area contributed by atoms with Crippen LogP contribution in [0.15, 0.2) is 42.5 Å². The van der Waals surface area contributed by atoms with Gasteiger partial charge in [-0.05, 0) is 49.2 Å². The molecule has 100 valence electrons. The van der Waals surface area contributed by atoms with Crippen molar-refractivity contribution in [2.75, 3.05) is 6.61 Å². The van der Waals surface area contributed by atoms with Gasteiger partial charge in [-0.3, -0.25) is 0 Å². The highest BCUT2D eigenvalue weighted by molar-refractivity contribution is 6.17. The summed E-state index contributed by atoms with van der Waals surface area (Å²) in [4.78, 5) is 0. The van der Waals surface area contributed by atoms with E-state index in [1.807, 2.05) is 56.3 Å². The second-order valence-corrected chi connectivity index (χ2v) is 4.47. The Morgan fingerprint density at radius 3 is 2.42 bits per heavy atom. The van der Waals surface area contributed by atoms with Gasteiger partial charge in [-0.1, -0.05) is 18.2 Å². The second-order valence-electron chi connectivity index (χ2n) is 4.20. The van der Waals surface area contributed by atoms with E-state index >= 15 is 0 Å². The molecular formula is C16H17ClO2. The lowest BCUT2D eigenvalue weighted by molar-refractivity contribution is 0.321. The fraction of sp³-hybridized carbons (Fsp3) is 0.250. The summed E-state index contributed by atoms with van der Waals surface area (Å²) >= 11 is 5.85. The normalized spacial score (nSPS) is 10.3. The summed E-state index contributed by atoms with van der Waals surface area (Å²) in [7, 11) is 0. The lowest BCUT2D eigenvalue weighted by Gasteiger charge is -2.12. The maximum absolute atomic E-state index is 5.87. The van der Waals surface area contributed by atoms with Crippen LogP contribution >= 0.6 is 11.6 Å². The number of halogens is 1. The first-order chi connectivity index (χ1) is 9.24. The molecule has 0 aromatic heterocycles. The second kappa shape index (κ2) is 6.48. The van der Waals surface area contributed by atoms with E-state index in [1.165, 1.54) is 0 Å². The summed E-state index contributed by atoms with van der Waals surface area (Å²) in [5.41, 5.74) is 2.24. The molecule has 0 aliphatic carbocycles. The van der Waals surface area contributed by atoms with Crippen LogP contribution in [-0.2, 0) is 5.88 Å². The van der Waals surface area contributed by atoms with Crippen LogP contribution in [0.4, 0.5) is 0 Å². The van der Waals surface area contributed by atoms with Gasteiger partial charge in [0.25, 0.3) is 0 Å². The third-order valence-electron chi connectivity index (χ3n) is 2.83. The Bertz CT molecular complexity index is 552. The van der Waals surface area contributed by atoms with Crippen molar-refractivity contribution < 1.29 is 9.47 Å². The topological polar surface area (TPSA) is 18.5 Å². The van der Waals surface area contributed by atoms with E-state index in [2.05, 4.69) is 0 Å². The SMILES string of the molecule is CCOc1ccccc1Oc1ccc(CCl)c(C)c1. The van der Waals surface area contributed by atoms with Gasteiger partial charge in [0.15, 0.2) is 11.5 Å². The Balaban J connectivity index is 2.23. The Morgan fingerprint density at radius 2 is 1.79 bits per heavy atom. The molecular weight excluding hydrogens is 260 g/mol. The molecule has 0 N–H and O–H groups in total. The Morgan fingerprint density at radius 1 is 1.05 bits per heavy atom. The number of rotatable bonds is 5. The van der Waals surface area contributed by atoms with Crippen LogP contribution in [0.25, 0.3) is 0 Å². The molecule has 0 amide bonds. The standard InChI is InChI=1S/C16H17ClO2/c1-3-18-15-6-4-5-7-16(15)19-14-9-8-13(11-17)12(2)10-14/h4-10H,3,11H2,1-2H3. The molecule has 19 heavy (non-hydrogen) atoms. The van der Waals surface area contributed by atoms with E-state index in [4.69, 9.17) is 21.1 Å². The molecule has 0 fully saturated rings. The first-order valence-electron chi connectivity index (χ1n) is 6.29. The molecule has 2 aromatic rings. The van der Waals surface area contributed by atoms with Gasteiger partial charge >= 0.3 is 0 Å². The Labute approximate surface area is 118 Å². The van der Waals surface area contributed by atoms with Crippen molar-refractivity contribution >= 4 is 11.6 Å². The molecule has 0 atom stereocenters. The first-order valence-corrected chi connectivity index (χ1v) is 6.83. The summed E-state index contributed by atoms with van der Waals surface area (Å²) in [6.45, 7) is 4.60. The lowest BCUT2D eigenvalue weighted by atomic mass is 10.1. The third-order valence-corrected chi connectivity index (χ3v) is 3.12. The number of ether oxygens (including phenoxy) is 2. The van der Waals surface area contributed by atoms with Crippen molar-refractivity contribution in [2.24, 2.45) is 0 Å². The number of benzene rings is 2. The summed E-state index contributed by atoms with van der Waals surface area (Å²) in [6.07, 6.45) is 0. The molecule has 0 spiro atoms. The van der Waals surface area contributed by atoms with Crippen molar-refractivity contribution in [3.05, 3.63) is 53.6 Å². The number of hydrogen-bond acceptors (Lipinski definition) is 2. The van der Waals surface area contributed by atoms with Gasteiger partial charge in [0.2, 0.25) is 0 Å². The summed E-state index contributed by atoms with van der Waals surface area (Å²) in [5.74, 6) is 2.78. The number of alkyl halides is 1. The van der Waals surface area contributed by atoms with Gasteiger partial charge in [-0.2, -0.15) is 0 Å². The van der Waals surface area contributed by atoms with E-state index in [-0.39, 0.29) is 0 Å². The van der Waals surface area contributed by atoms with Gasteiger partial charge in [0.1, 0.15) is 5.75 Å². The van der Waals surface area contributed by atoms with Gasteiger partial charge in [0.05, 0.1) is 6.61 Å². The molecule has 0 saturated carbocycles. The Hall–Kier alpha value is -1.67. The largest absolute Gasteiger partial charge is 0.490 e. The van der Waals surface area contributed by atoms with Crippen molar-refractivity contribution in [1.82, 2.24) is 0 Å². The summed E-state index contributed by atoms with van der Waals surface area (Å²) in [6, 6.07) is 13.6. The predicted octanol–water partition coefficient (Wildman–Crippen LogP) is 4.92. The van der Waals surface area contributed by atoms with Gasteiger partial charge in [-0.25, -0.2) is 0 Å². The minimum Gasteiger partial charge on any atom is -0.490 e. The predicted molar refractivity (Wildman–Crippen MR) is 78.4 cm³/mol. The fourth-order valence-corrected chi connectivity index (χ4v) is 2.12. The molecule has 3 heteroatoms. The van der Waals surface area contributed by atoms with Crippen LogP contribution in [0, 0.1) is 6.92 Å².